The molecule has 1 saturated carbocycles. The molecular weight excluding hydrogens is 166 g/mol. The number of hydrogen-bond donors (Lipinski definition) is 0. The molecule has 1 aliphatic rings. The molecule has 0 N–H and O–H groups in total. The van der Waals surface area contributed by atoms with Crippen molar-refractivity contribution >= 4 is 0 Å². The molecule has 0 spiro atoms. The SMILES string of the molecule is CCOC(OCC)[C@@H]1CC1(F)F. The van der Waals surface area contributed by atoms with E-state index in [0.717, 1.165) is 0 Å². The van der Waals surface area contributed by atoms with Gasteiger partial charge in [-0.2, -0.15) is 0 Å². The van der Waals surface area contributed by atoms with Crippen molar-refractivity contribution in [3.05, 3.63) is 0 Å². The van der Waals surface area contributed by atoms with Crippen LogP contribution in [-0.4, -0.2) is 25.4 Å². The summed E-state index contributed by atoms with van der Waals surface area (Å²) in [6, 6.07) is 0. The molecule has 0 amide bonds. The van der Waals surface area contributed by atoms with Crippen molar-refractivity contribution in [2.24, 2.45) is 5.92 Å². The molecule has 4 heteroatoms. The molecule has 0 saturated heterocycles. The smallest absolute Gasteiger partial charge is 0.256 e. The van der Waals surface area contributed by atoms with Gasteiger partial charge in [-0.05, 0) is 13.8 Å². The molecule has 0 aromatic carbocycles. The summed E-state index contributed by atoms with van der Waals surface area (Å²) in [5.74, 6) is -3.29. The fraction of sp³-hybridized carbons (Fsp3) is 1.00. The molecule has 1 aliphatic carbocycles. The Balaban J connectivity index is 2.34. The molecule has 1 fully saturated rings. The van der Waals surface area contributed by atoms with Crippen LogP contribution in [0.4, 0.5) is 8.78 Å². The number of rotatable bonds is 5. The Kier molecular flexibility index (Phi) is 3.01. The average Bonchev–Trinajstić information content (AvgIpc) is 2.60. The van der Waals surface area contributed by atoms with Gasteiger partial charge in [-0.25, -0.2) is 8.78 Å². The Morgan fingerprint density at radius 2 is 1.75 bits per heavy atom. The van der Waals surface area contributed by atoms with Gasteiger partial charge in [-0.3, -0.25) is 0 Å². The normalized spacial score (nSPS) is 26.2. The van der Waals surface area contributed by atoms with E-state index in [9.17, 15) is 8.78 Å². The summed E-state index contributed by atoms with van der Waals surface area (Å²) in [6.07, 6.45) is -0.813. The van der Waals surface area contributed by atoms with Gasteiger partial charge in [-0.1, -0.05) is 0 Å². The first-order valence-electron chi connectivity index (χ1n) is 4.22. The predicted octanol–water partition coefficient (Wildman–Crippen LogP) is 2.04. The van der Waals surface area contributed by atoms with Gasteiger partial charge in [0.1, 0.15) is 0 Å². The van der Waals surface area contributed by atoms with E-state index in [-0.39, 0.29) is 6.42 Å². The van der Waals surface area contributed by atoms with Crippen molar-refractivity contribution < 1.29 is 18.3 Å². The lowest BCUT2D eigenvalue weighted by atomic mass is 10.4. The molecule has 2 nitrogen and oxygen atoms in total. The molecule has 0 radical (unpaired) electrons. The maximum Gasteiger partial charge on any atom is 0.256 e. The number of ether oxygens (including phenoxy) is 2. The Bertz CT molecular complexity index is 144. The van der Waals surface area contributed by atoms with Crippen LogP contribution >= 0.6 is 0 Å². The lowest BCUT2D eigenvalue weighted by molar-refractivity contribution is -0.162. The van der Waals surface area contributed by atoms with Crippen molar-refractivity contribution in [1.82, 2.24) is 0 Å². The highest BCUT2D eigenvalue weighted by Crippen LogP contribution is 2.51. The molecule has 0 aromatic rings. The van der Waals surface area contributed by atoms with Crippen molar-refractivity contribution in [3.8, 4) is 0 Å². The average molecular weight is 180 g/mol. The largest absolute Gasteiger partial charge is 0.352 e. The van der Waals surface area contributed by atoms with Crippen molar-refractivity contribution in [2.75, 3.05) is 13.2 Å². The summed E-state index contributed by atoms with van der Waals surface area (Å²) in [5.41, 5.74) is 0. The summed E-state index contributed by atoms with van der Waals surface area (Å²) in [7, 11) is 0. The quantitative estimate of drug-likeness (QED) is 0.603. The molecule has 1 atom stereocenters. The van der Waals surface area contributed by atoms with Gasteiger partial charge in [0, 0.05) is 19.6 Å². The van der Waals surface area contributed by atoms with Gasteiger partial charge in [0.2, 0.25) is 0 Å². The van der Waals surface area contributed by atoms with Crippen LogP contribution < -0.4 is 0 Å². The maximum atomic E-state index is 12.5. The van der Waals surface area contributed by atoms with Crippen LogP contribution in [0.3, 0.4) is 0 Å². The van der Waals surface area contributed by atoms with Gasteiger partial charge in [0.25, 0.3) is 5.92 Å². The second kappa shape index (κ2) is 3.66. The summed E-state index contributed by atoms with van der Waals surface area (Å²) in [4.78, 5) is 0. The lowest BCUT2D eigenvalue weighted by Crippen LogP contribution is -2.22. The van der Waals surface area contributed by atoms with Crippen LogP contribution in [-0.2, 0) is 9.47 Å². The van der Waals surface area contributed by atoms with E-state index in [1.54, 1.807) is 13.8 Å². The summed E-state index contributed by atoms with van der Waals surface area (Å²) >= 11 is 0. The first-order chi connectivity index (χ1) is 5.61. The highest BCUT2D eigenvalue weighted by molar-refractivity contribution is 4.97. The third-order valence-corrected chi connectivity index (χ3v) is 1.86. The standard InChI is InChI=1S/C8H14F2O2/c1-3-11-7(12-4-2)6-5-8(6,9)10/h6-7H,3-5H2,1-2H3/t6-/m0/s1. The summed E-state index contributed by atoms with van der Waals surface area (Å²) < 4.78 is 35.1. The van der Waals surface area contributed by atoms with Crippen LogP contribution in [0.2, 0.25) is 0 Å². The van der Waals surface area contributed by atoms with Crippen LogP contribution in [0.5, 0.6) is 0 Å². The molecule has 0 heterocycles. The molecule has 0 bridgehead atoms. The van der Waals surface area contributed by atoms with E-state index < -0.39 is 18.1 Å². The lowest BCUT2D eigenvalue weighted by Gasteiger charge is -2.15. The van der Waals surface area contributed by atoms with Crippen molar-refractivity contribution in [3.63, 3.8) is 0 Å². The molecule has 0 aromatic heterocycles. The molecular formula is C8H14F2O2. The molecule has 0 aliphatic heterocycles. The number of hydrogen-bond acceptors (Lipinski definition) is 2. The third kappa shape index (κ3) is 2.14. The minimum atomic E-state index is -2.56. The monoisotopic (exact) mass is 180 g/mol. The van der Waals surface area contributed by atoms with Gasteiger partial charge in [0.15, 0.2) is 6.29 Å². The molecule has 0 unspecified atom stereocenters. The van der Waals surface area contributed by atoms with Crippen molar-refractivity contribution in [2.45, 2.75) is 32.5 Å². The zero-order valence-corrected chi connectivity index (χ0v) is 7.35. The summed E-state index contributed by atoms with van der Waals surface area (Å²) in [6.45, 7) is 4.37. The Labute approximate surface area is 70.8 Å². The highest BCUT2D eigenvalue weighted by Gasteiger charge is 2.61. The minimum absolute atomic E-state index is 0.0995. The third-order valence-electron chi connectivity index (χ3n) is 1.86. The van der Waals surface area contributed by atoms with E-state index >= 15 is 0 Å². The molecule has 1 rings (SSSR count). The topological polar surface area (TPSA) is 18.5 Å². The van der Waals surface area contributed by atoms with Gasteiger partial charge >= 0.3 is 0 Å². The van der Waals surface area contributed by atoms with E-state index in [4.69, 9.17) is 9.47 Å². The molecule has 12 heavy (non-hydrogen) atoms. The Morgan fingerprint density at radius 1 is 1.33 bits per heavy atom. The van der Waals surface area contributed by atoms with Gasteiger partial charge in [-0.15, -0.1) is 0 Å². The van der Waals surface area contributed by atoms with E-state index in [0.29, 0.717) is 13.2 Å². The first-order valence-corrected chi connectivity index (χ1v) is 4.22. The van der Waals surface area contributed by atoms with Crippen LogP contribution in [0.1, 0.15) is 20.3 Å². The van der Waals surface area contributed by atoms with Crippen LogP contribution in [0.15, 0.2) is 0 Å². The fourth-order valence-corrected chi connectivity index (χ4v) is 1.14. The van der Waals surface area contributed by atoms with E-state index in [1.165, 1.54) is 0 Å². The summed E-state index contributed by atoms with van der Waals surface area (Å²) in [5, 5.41) is 0. The van der Waals surface area contributed by atoms with Gasteiger partial charge in [0.05, 0.1) is 5.92 Å². The second-order valence-corrected chi connectivity index (χ2v) is 2.85. The Hall–Kier alpha value is -0.220. The fourth-order valence-electron chi connectivity index (χ4n) is 1.14. The Morgan fingerprint density at radius 3 is 2.00 bits per heavy atom. The molecule has 72 valence electrons. The zero-order valence-electron chi connectivity index (χ0n) is 7.35. The van der Waals surface area contributed by atoms with Gasteiger partial charge < -0.3 is 9.47 Å². The van der Waals surface area contributed by atoms with Crippen LogP contribution in [0.25, 0.3) is 0 Å². The zero-order chi connectivity index (χ0) is 9.19. The van der Waals surface area contributed by atoms with E-state index in [1.807, 2.05) is 0 Å². The maximum absolute atomic E-state index is 12.5. The van der Waals surface area contributed by atoms with E-state index in [2.05, 4.69) is 0 Å². The number of halogens is 2. The minimum Gasteiger partial charge on any atom is -0.352 e. The van der Waals surface area contributed by atoms with Crippen LogP contribution in [0, 0.1) is 5.92 Å². The highest BCUT2D eigenvalue weighted by atomic mass is 19.3. The second-order valence-electron chi connectivity index (χ2n) is 2.85. The first kappa shape index (κ1) is 9.86. The number of alkyl halides is 2. The predicted molar refractivity (Wildman–Crippen MR) is 40.1 cm³/mol. The van der Waals surface area contributed by atoms with Crippen molar-refractivity contribution in [1.29, 1.82) is 0 Å².